The van der Waals surface area contributed by atoms with E-state index in [0.717, 1.165) is 20.1 Å². The summed E-state index contributed by atoms with van der Waals surface area (Å²) in [5.74, 6) is -0.326. The first-order valence-corrected chi connectivity index (χ1v) is 11.4. The van der Waals surface area contributed by atoms with Gasteiger partial charge in [-0.2, -0.15) is 5.26 Å². The summed E-state index contributed by atoms with van der Waals surface area (Å²) in [7, 11) is 0. The van der Waals surface area contributed by atoms with Gasteiger partial charge in [-0.15, -0.1) is 0 Å². The number of rotatable bonds is 6. The first-order valence-electron chi connectivity index (χ1n) is 8.69. The standard InChI is InChI=1S/C23H14Br2INO3/c24-20-10-15(9-18(12-27)16-3-5-17(6-4-16)23(28)29)11-21(25)22(20)30-13-14-1-7-19(26)8-2-14/h1-11H,13H2,(H,28,29)/b18-9-. The molecule has 0 amide bonds. The van der Waals surface area contributed by atoms with E-state index in [4.69, 9.17) is 9.84 Å². The summed E-state index contributed by atoms with van der Waals surface area (Å²) in [4.78, 5) is 11.0. The van der Waals surface area contributed by atoms with Crippen molar-refractivity contribution < 1.29 is 14.6 Å². The van der Waals surface area contributed by atoms with Crippen LogP contribution in [0.1, 0.15) is 27.0 Å². The molecule has 0 aliphatic heterocycles. The molecule has 0 aliphatic rings. The van der Waals surface area contributed by atoms with E-state index in [1.54, 1.807) is 18.2 Å². The van der Waals surface area contributed by atoms with Crippen molar-refractivity contribution in [2.75, 3.05) is 0 Å². The Bertz CT molecular complexity index is 1130. The van der Waals surface area contributed by atoms with Crippen molar-refractivity contribution in [3.8, 4) is 11.8 Å². The van der Waals surface area contributed by atoms with Gasteiger partial charge in [0.2, 0.25) is 0 Å². The Hall–Kier alpha value is -2.15. The monoisotopic (exact) mass is 637 g/mol. The quantitative estimate of drug-likeness (QED) is 0.177. The third kappa shape index (κ3) is 5.72. The predicted octanol–water partition coefficient (Wildman–Crippen LogP) is 7.16. The molecular weight excluding hydrogens is 625 g/mol. The van der Waals surface area contributed by atoms with Crippen LogP contribution in [0, 0.1) is 14.9 Å². The van der Waals surface area contributed by atoms with Crippen molar-refractivity contribution in [1.82, 2.24) is 0 Å². The summed E-state index contributed by atoms with van der Waals surface area (Å²) in [6, 6.07) is 20.2. The molecule has 0 saturated carbocycles. The minimum Gasteiger partial charge on any atom is -0.487 e. The fourth-order valence-electron chi connectivity index (χ4n) is 2.68. The number of ether oxygens (including phenoxy) is 1. The van der Waals surface area contributed by atoms with Gasteiger partial charge in [-0.25, -0.2) is 4.79 Å². The molecule has 7 heteroatoms. The molecular formula is C23H14Br2INO3. The lowest BCUT2D eigenvalue weighted by molar-refractivity contribution is 0.0697. The molecule has 4 nitrogen and oxygen atoms in total. The third-order valence-corrected chi connectivity index (χ3v) is 6.09. The van der Waals surface area contributed by atoms with Gasteiger partial charge < -0.3 is 9.84 Å². The number of halogens is 3. The van der Waals surface area contributed by atoms with E-state index in [1.165, 1.54) is 15.7 Å². The highest BCUT2D eigenvalue weighted by molar-refractivity contribution is 14.1. The topological polar surface area (TPSA) is 70.3 Å². The molecule has 0 fully saturated rings. The van der Waals surface area contributed by atoms with Crippen LogP contribution in [0.3, 0.4) is 0 Å². The third-order valence-electron chi connectivity index (χ3n) is 4.19. The summed E-state index contributed by atoms with van der Waals surface area (Å²) in [5.41, 5.74) is 3.12. The van der Waals surface area contributed by atoms with Gasteiger partial charge in [0.25, 0.3) is 0 Å². The maximum atomic E-state index is 11.0. The summed E-state index contributed by atoms with van der Waals surface area (Å²) >= 11 is 9.35. The average molecular weight is 639 g/mol. The SMILES string of the molecule is N#C/C(=C/c1cc(Br)c(OCc2ccc(I)cc2)c(Br)c1)c1ccc(C(=O)O)cc1. The van der Waals surface area contributed by atoms with Gasteiger partial charge in [0.15, 0.2) is 0 Å². The Labute approximate surface area is 204 Å². The van der Waals surface area contributed by atoms with E-state index in [1.807, 2.05) is 36.4 Å². The van der Waals surface area contributed by atoms with Crippen LogP contribution in [0.2, 0.25) is 0 Å². The molecule has 0 aromatic heterocycles. The van der Waals surface area contributed by atoms with Gasteiger partial charge >= 0.3 is 5.97 Å². The summed E-state index contributed by atoms with van der Waals surface area (Å²) in [5, 5.41) is 18.6. The Morgan fingerprint density at radius 3 is 2.13 bits per heavy atom. The number of carbonyl (C=O) groups is 1. The van der Waals surface area contributed by atoms with Gasteiger partial charge in [-0.1, -0.05) is 24.3 Å². The van der Waals surface area contributed by atoms with Crippen LogP contribution < -0.4 is 4.74 Å². The minimum absolute atomic E-state index is 0.177. The number of benzene rings is 3. The van der Waals surface area contributed by atoms with Crippen molar-refractivity contribution in [2.24, 2.45) is 0 Å². The Balaban J connectivity index is 1.83. The smallest absolute Gasteiger partial charge is 0.335 e. The molecule has 0 bridgehead atoms. The zero-order chi connectivity index (χ0) is 21.7. The Kier molecular flexibility index (Phi) is 7.69. The molecule has 0 radical (unpaired) electrons. The normalized spacial score (nSPS) is 11.1. The molecule has 3 aromatic carbocycles. The largest absolute Gasteiger partial charge is 0.487 e. The first-order chi connectivity index (χ1) is 14.4. The number of nitriles is 1. The van der Waals surface area contributed by atoms with Crippen molar-refractivity contribution >= 4 is 72.1 Å². The highest BCUT2D eigenvalue weighted by Crippen LogP contribution is 2.36. The number of hydrogen-bond donors (Lipinski definition) is 1. The summed E-state index contributed by atoms with van der Waals surface area (Å²) in [6.07, 6.45) is 1.74. The fourth-order valence-corrected chi connectivity index (χ4v) is 4.49. The van der Waals surface area contributed by atoms with Crippen LogP contribution in [0.25, 0.3) is 11.6 Å². The summed E-state index contributed by atoms with van der Waals surface area (Å²) < 4.78 is 8.64. The van der Waals surface area contributed by atoms with Gasteiger partial charge in [0, 0.05) is 3.57 Å². The maximum Gasteiger partial charge on any atom is 0.335 e. The molecule has 0 spiro atoms. The van der Waals surface area contributed by atoms with Crippen molar-refractivity contribution in [2.45, 2.75) is 6.61 Å². The maximum absolute atomic E-state index is 11.0. The number of carboxylic acid groups (broad SMARTS) is 1. The van der Waals surface area contributed by atoms with Gasteiger partial charge in [-0.05, 0) is 114 Å². The molecule has 150 valence electrons. The second-order valence-electron chi connectivity index (χ2n) is 6.28. The van der Waals surface area contributed by atoms with Gasteiger partial charge in [0.05, 0.1) is 26.2 Å². The van der Waals surface area contributed by atoms with E-state index >= 15 is 0 Å². The van der Waals surface area contributed by atoms with Crippen LogP contribution >= 0.6 is 54.5 Å². The second kappa shape index (κ2) is 10.2. The van der Waals surface area contributed by atoms with Crippen molar-refractivity contribution in [1.29, 1.82) is 5.26 Å². The van der Waals surface area contributed by atoms with Gasteiger partial charge in [0.1, 0.15) is 12.4 Å². The van der Waals surface area contributed by atoms with Crippen molar-refractivity contribution in [3.05, 3.63) is 95.4 Å². The molecule has 0 atom stereocenters. The van der Waals surface area contributed by atoms with E-state index in [-0.39, 0.29) is 5.56 Å². The van der Waals surface area contributed by atoms with E-state index in [2.05, 4.69) is 60.5 Å². The van der Waals surface area contributed by atoms with Crippen LogP contribution in [-0.2, 0) is 6.61 Å². The second-order valence-corrected chi connectivity index (χ2v) is 9.24. The zero-order valence-corrected chi connectivity index (χ0v) is 20.7. The van der Waals surface area contributed by atoms with Crippen LogP contribution in [0.4, 0.5) is 0 Å². The fraction of sp³-hybridized carbons (Fsp3) is 0.0435. The van der Waals surface area contributed by atoms with Crippen LogP contribution in [-0.4, -0.2) is 11.1 Å². The lowest BCUT2D eigenvalue weighted by atomic mass is 10.0. The van der Waals surface area contributed by atoms with Gasteiger partial charge in [-0.3, -0.25) is 0 Å². The van der Waals surface area contributed by atoms with E-state index in [9.17, 15) is 10.1 Å². The van der Waals surface area contributed by atoms with Crippen molar-refractivity contribution in [3.63, 3.8) is 0 Å². The predicted molar refractivity (Wildman–Crippen MR) is 132 cm³/mol. The Morgan fingerprint density at radius 2 is 1.60 bits per heavy atom. The molecule has 0 aliphatic carbocycles. The van der Waals surface area contributed by atoms with Crippen LogP contribution in [0.5, 0.6) is 5.75 Å². The minimum atomic E-state index is -1.00. The highest BCUT2D eigenvalue weighted by Gasteiger charge is 2.11. The molecule has 0 heterocycles. The number of aromatic carboxylic acids is 1. The first kappa shape index (κ1) is 22.5. The molecule has 1 N–H and O–H groups in total. The highest BCUT2D eigenvalue weighted by atomic mass is 127. The summed E-state index contributed by atoms with van der Waals surface area (Å²) in [6.45, 7) is 0.433. The average Bonchev–Trinajstić information content (AvgIpc) is 2.73. The van der Waals surface area contributed by atoms with E-state index < -0.39 is 5.97 Å². The lowest BCUT2D eigenvalue weighted by Gasteiger charge is -2.12. The number of carboxylic acids is 1. The molecule has 3 aromatic rings. The number of allylic oxidation sites excluding steroid dienone is 1. The number of hydrogen-bond acceptors (Lipinski definition) is 3. The van der Waals surface area contributed by atoms with E-state index in [0.29, 0.717) is 23.5 Å². The molecule has 0 saturated heterocycles. The molecule has 30 heavy (non-hydrogen) atoms. The molecule has 0 unspecified atom stereocenters. The van der Waals surface area contributed by atoms with Crippen LogP contribution in [0.15, 0.2) is 69.6 Å². The zero-order valence-electron chi connectivity index (χ0n) is 15.4. The lowest BCUT2D eigenvalue weighted by Crippen LogP contribution is -1.97. The Morgan fingerprint density at radius 1 is 1.03 bits per heavy atom. The number of nitrogens with zero attached hydrogens (tertiary/aromatic N) is 1. The molecule has 3 rings (SSSR count).